The normalized spacial score (nSPS) is 24.4. The molecule has 2 unspecified atom stereocenters. The van der Waals surface area contributed by atoms with Gasteiger partial charge in [0, 0.05) is 25.2 Å². The minimum Gasteiger partial charge on any atom is -0.354 e. The molecule has 23 heavy (non-hydrogen) atoms. The van der Waals surface area contributed by atoms with Gasteiger partial charge in [-0.1, -0.05) is 18.2 Å². The van der Waals surface area contributed by atoms with Crippen LogP contribution in [0, 0.1) is 5.92 Å². The first-order valence-electron chi connectivity index (χ1n) is 8.59. The number of piperidine rings is 1. The van der Waals surface area contributed by atoms with E-state index in [1.54, 1.807) is 0 Å². The van der Waals surface area contributed by atoms with E-state index in [1.165, 1.54) is 0 Å². The maximum Gasteiger partial charge on any atom is 0.253 e. The molecule has 5 heteroatoms. The van der Waals surface area contributed by atoms with Crippen molar-refractivity contribution in [3.63, 3.8) is 0 Å². The lowest BCUT2D eigenvalue weighted by molar-refractivity contribution is -0.123. The second-order valence-corrected chi connectivity index (χ2v) is 6.52. The van der Waals surface area contributed by atoms with Crippen molar-refractivity contribution in [2.45, 2.75) is 31.7 Å². The minimum absolute atomic E-state index is 0.0272. The van der Waals surface area contributed by atoms with Crippen molar-refractivity contribution < 1.29 is 9.59 Å². The van der Waals surface area contributed by atoms with Crippen LogP contribution >= 0.6 is 0 Å². The lowest BCUT2D eigenvalue weighted by Gasteiger charge is -2.33. The van der Waals surface area contributed by atoms with Crippen molar-refractivity contribution >= 4 is 11.8 Å². The Bertz CT molecular complexity index is 540. The maximum absolute atomic E-state index is 12.5. The Morgan fingerprint density at radius 1 is 1.17 bits per heavy atom. The van der Waals surface area contributed by atoms with Gasteiger partial charge in [-0.15, -0.1) is 0 Å². The lowest BCUT2D eigenvalue weighted by Crippen LogP contribution is -2.46. The van der Waals surface area contributed by atoms with Crippen LogP contribution < -0.4 is 10.6 Å². The molecule has 2 atom stereocenters. The van der Waals surface area contributed by atoms with Gasteiger partial charge >= 0.3 is 0 Å². The Kier molecular flexibility index (Phi) is 5.28. The number of amides is 2. The predicted octanol–water partition coefficient (Wildman–Crippen LogP) is 1.41. The Morgan fingerprint density at radius 2 is 2.00 bits per heavy atom. The van der Waals surface area contributed by atoms with Crippen LogP contribution in [-0.4, -0.2) is 48.9 Å². The van der Waals surface area contributed by atoms with Crippen molar-refractivity contribution in [2.24, 2.45) is 5.92 Å². The zero-order valence-electron chi connectivity index (χ0n) is 13.5. The topological polar surface area (TPSA) is 61.4 Å². The highest BCUT2D eigenvalue weighted by atomic mass is 16.2. The number of nitrogens with zero attached hydrogens (tertiary/aromatic N) is 1. The summed E-state index contributed by atoms with van der Waals surface area (Å²) in [6, 6.07) is 9.40. The Balaban J connectivity index is 1.50. The SMILES string of the molecule is O=C(NCC1CCCN(C(=O)c2ccccc2)C1)C1CCCN1. The monoisotopic (exact) mass is 315 g/mol. The number of hydrogen-bond donors (Lipinski definition) is 2. The molecular weight excluding hydrogens is 290 g/mol. The van der Waals surface area contributed by atoms with Crippen molar-refractivity contribution in [1.82, 2.24) is 15.5 Å². The largest absolute Gasteiger partial charge is 0.354 e. The van der Waals surface area contributed by atoms with Crippen LogP contribution in [0.25, 0.3) is 0 Å². The summed E-state index contributed by atoms with van der Waals surface area (Å²) >= 11 is 0. The standard InChI is InChI=1S/C18H25N3O2/c22-17(16-9-4-10-19-16)20-12-14-6-5-11-21(13-14)18(23)15-7-2-1-3-8-15/h1-3,7-8,14,16,19H,4-6,9-13H2,(H,20,22). The lowest BCUT2D eigenvalue weighted by atomic mass is 9.97. The van der Waals surface area contributed by atoms with Crippen molar-refractivity contribution in [1.29, 1.82) is 0 Å². The maximum atomic E-state index is 12.5. The van der Waals surface area contributed by atoms with Gasteiger partial charge in [-0.2, -0.15) is 0 Å². The van der Waals surface area contributed by atoms with Gasteiger partial charge in [0.2, 0.25) is 5.91 Å². The predicted molar refractivity (Wildman–Crippen MR) is 89.1 cm³/mol. The molecule has 2 heterocycles. The summed E-state index contributed by atoms with van der Waals surface area (Å²) in [7, 11) is 0. The van der Waals surface area contributed by atoms with Crippen LogP contribution in [0.5, 0.6) is 0 Å². The molecule has 2 aliphatic heterocycles. The highest BCUT2D eigenvalue weighted by molar-refractivity contribution is 5.94. The molecule has 3 rings (SSSR count). The van der Waals surface area contributed by atoms with Gasteiger partial charge in [0.1, 0.15) is 0 Å². The summed E-state index contributed by atoms with van der Waals surface area (Å²) < 4.78 is 0. The number of hydrogen-bond acceptors (Lipinski definition) is 3. The van der Waals surface area contributed by atoms with Crippen LogP contribution in [0.1, 0.15) is 36.0 Å². The average Bonchev–Trinajstić information content (AvgIpc) is 3.15. The Morgan fingerprint density at radius 3 is 2.74 bits per heavy atom. The third kappa shape index (κ3) is 4.10. The third-order valence-electron chi connectivity index (χ3n) is 4.77. The Labute approximate surface area is 137 Å². The van der Waals surface area contributed by atoms with E-state index < -0.39 is 0 Å². The average molecular weight is 315 g/mol. The van der Waals surface area contributed by atoms with E-state index in [4.69, 9.17) is 0 Å². The number of likely N-dealkylation sites (tertiary alicyclic amines) is 1. The van der Waals surface area contributed by atoms with Crippen LogP contribution in [0.4, 0.5) is 0 Å². The van der Waals surface area contributed by atoms with E-state index in [0.717, 1.165) is 50.9 Å². The summed E-state index contributed by atoms with van der Waals surface area (Å²) in [6.45, 7) is 3.13. The number of carbonyl (C=O) groups is 2. The summed E-state index contributed by atoms with van der Waals surface area (Å²) in [6.07, 6.45) is 4.06. The number of nitrogens with one attached hydrogen (secondary N) is 2. The zero-order valence-corrected chi connectivity index (χ0v) is 13.5. The summed E-state index contributed by atoms with van der Waals surface area (Å²) in [5, 5.41) is 6.27. The summed E-state index contributed by atoms with van der Waals surface area (Å²) in [4.78, 5) is 26.5. The van der Waals surface area contributed by atoms with Gasteiger partial charge in [0.15, 0.2) is 0 Å². The molecule has 2 amide bonds. The first-order valence-corrected chi connectivity index (χ1v) is 8.59. The second-order valence-electron chi connectivity index (χ2n) is 6.52. The van der Waals surface area contributed by atoms with Crippen molar-refractivity contribution in [3.05, 3.63) is 35.9 Å². The highest BCUT2D eigenvalue weighted by Gasteiger charge is 2.26. The fourth-order valence-electron chi connectivity index (χ4n) is 3.46. The van der Waals surface area contributed by atoms with E-state index in [2.05, 4.69) is 10.6 Å². The first-order chi connectivity index (χ1) is 11.2. The van der Waals surface area contributed by atoms with E-state index in [9.17, 15) is 9.59 Å². The molecule has 1 aromatic carbocycles. The second kappa shape index (κ2) is 7.59. The molecule has 5 nitrogen and oxygen atoms in total. The molecule has 0 aromatic heterocycles. The number of carbonyl (C=O) groups excluding carboxylic acids is 2. The zero-order chi connectivity index (χ0) is 16.1. The van der Waals surface area contributed by atoms with Crippen LogP contribution in [0.3, 0.4) is 0 Å². The molecule has 0 radical (unpaired) electrons. The minimum atomic E-state index is -0.0272. The van der Waals surface area contributed by atoms with Gasteiger partial charge in [0.05, 0.1) is 6.04 Å². The molecule has 0 bridgehead atoms. The quantitative estimate of drug-likeness (QED) is 0.883. The Hall–Kier alpha value is -1.88. The van der Waals surface area contributed by atoms with E-state index in [1.807, 2.05) is 35.2 Å². The van der Waals surface area contributed by atoms with Crippen molar-refractivity contribution in [2.75, 3.05) is 26.2 Å². The van der Waals surface area contributed by atoms with Gasteiger partial charge < -0.3 is 15.5 Å². The molecule has 2 aliphatic rings. The van der Waals surface area contributed by atoms with Crippen molar-refractivity contribution in [3.8, 4) is 0 Å². The molecule has 2 N–H and O–H groups in total. The number of benzene rings is 1. The fraction of sp³-hybridized carbons (Fsp3) is 0.556. The molecule has 1 aromatic rings. The smallest absolute Gasteiger partial charge is 0.253 e. The molecule has 0 aliphatic carbocycles. The summed E-state index contributed by atoms with van der Waals surface area (Å²) in [5.74, 6) is 0.551. The molecular formula is C18H25N3O2. The van der Waals surface area contributed by atoms with Crippen LogP contribution in [0.15, 0.2) is 30.3 Å². The van der Waals surface area contributed by atoms with E-state index >= 15 is 0 Å². The molecule has 0 spiro atoms. The molecule has 2 saturated heterocycles. The van der Waals surface area contributed by atoms with Gasteiger partial charge in [-0.05, 0) is 50.3 Å². The third-order valence-corrected chi connectivity index (χ3v) is 4.77. The van der Waals surface area contributed by atoms with Gasteiger partial charge in [0.25, 0.3) is 5.91 Å². The summed E-state index contributed by atoms with van der Waals surface area (Å²) in [5.41, 5.74) is 0.743. The van der Waals surface area contributed by atoms with Gasteiger partial charge in [-0.25, -0.2) is 0 Å². The first kappa shape index (κ1) is 16.0. The van der Waals surface area contributed by atoms with Crippen LogP contribution in [0.2, 0.25) is 0 Å². The van der Waals surface area contributed by atoms with E-state index in [-0.39, 0.29) is 17.9 Å². The van der Waals surface area contributed by atoms with E-state index in [0.29, 0.717) is 12.5 Å². The van der Waals surface area contributed by atoms with Crippen LogP contribution in [-0.2, 0) is 4.79 Å². The number of rotatable bonds is 4. The molecule has 124 valence electrons. The highest BCUT2D eigenvalue weighted by Crippen LogP contribution is 2.18. The molecule has 0 saturated carbocycles. The molecule has 2 fully saturated rings. The van der Waals surface area contributed by atoms with Gasteiger partial charge in [-0.3, -0.25) is 9.59 Å². The fourth-order valence-corrected chi connectivity index (χ4v) is 3.46.